The van der Waals surface area contributed by atoms with Gasteiger partial charge >= 0.3 is 0 Å². The molecule has 0 unspecified atom stereocenters. The van der Waals surface area contributed by atoms with Crippen LogP contribution in [0.3, 0.4) is 0 Å². The number of benzene rings is 2. The molecule has 2 aromatic rings. The van der Waals surface area contributed by atoms with Crippen molar-refractivity contribution in [1.29, 1.82) is 0 Å². The van der Waals surface area contributed by atoms with E-state index in [2.05, 4.69) is 26.5 Å². The minimum absolute atomic E-state index is 0.340. The van der Waals surface area contributed by atoms with Crippen LogP contribution in [0.15, 0.2) is 58.1 Å². The summed E-state index contributed by atoms with van der Waals surface area (Å²) < 4.78 is 26.5. The average molecular weight is 452 g/mol. The second-order valence-corrected chi connectivity index (χ2v) is 8.81. The lowest BCUT2D eigenvalue weighted by atomic mass is 10.1. The average Bonchev–Trinajstić information content (AvgIpc) is 2.63. The Morgan fingerprint density at radius 1 is 1.15 bits per heavy atom. The molecule has 0 saturated carbocycles. The van der Waals surface area contributed by atoms with E-state index in [9.17, 15) is 13.2 Å². The lowest BCUT2D eigenvalue weighted by Crippen LogP contribution is -2.39. The normalized spacial score (nSPS) is 11.9. The molecule has 0 radical (unpaired) electrons. The van der Waals surface area contributed by atoms with E-state index in [-0.39, 0.29) is 6.54 Å². The summed E-state index contributed by atoms with van der Waals surface area (Å²) in [5.41, 5.74) is 5.27. The van der Waals surface area contributed by atoms with Gasteiger partial charge in [0, 0.05) is 4.47 Å². The molecule has 144 valence electrons. The Morgan fingerprint density at radius 2 is 1.78 bits per heavy atom. The van der Waals surface area contributed by atoms with Crippen molar-refractivity contribution < 1.29 is 13.2 Å². The summed E-state index contributed by atoms with van der Waals surface area (Å²) in [5, 5.41) is 4.08. The van der Waals surface area contributed by atoms with Gasteiger partial charge in [-0.1, -0.05) is 53.2 Å². The van der Waals surface area contributed by atoms with E-state index >= 15 is 0 Å². The highest BCUT2D eigenvalue weighted by Gasteiger charge is 2.22. The van der Waals surface area contributed by atoms with Crippen molar-refractivity contribution in [3.63, 3.8) is 0 Å². The Bertz CT molecular complexity index is 941. The van der Waals surface area contributed by atoms with E-state index in [1.54, 1.807) is 19.1 Å². The number of hydrogen-bond donors (Lipinski definition) is 1. The van der Waals surface area contributed by atoms with Crippen molar-refractivity contribution in [2.45, 2.75) is 20.3 Å². The quantitative estimate of drug-likeness (QED) is 0.517. The summed E-state index contributed by atoms with van der Waals surface area (Å²) in [4.78, 5) is 12.3. The van der Waals surface area contributed by atoms with Crippen LogP contribution in [-0.4, -0.2) is 32.8 Å². The van der Waals surface area contributed by atoms with Crippen molar-refractivity contribution in [2.24, 2.45) is 5.10 Å². The number of nitrogens with one attached hydrogen (secondary N) is 1. The SMILES string of the molecule is CCc1ccccc1N(CC(=O)N/N=C(/C)c1ccc(Br)cc1)S(C)(=O)=O. The third-order valence-electron chi connectivity index (χ3n) is 3.94. The molecular weight excluding hydrogens is 430 g/mol. The van der Waals surface area contributed by atoms with Crippen LogP contribution in [-0.2, 0) is 21.2 Å². The third kappa shape index (κ3) is 5.90. The number of para-hydroxylation sites is 1. The lowest BCUT2D eigenvalue weighted by Gasteiger charge is -2.23. The molecule has 0 aliphatic rings. The van der Waals surface area contributed by atoms with E-state index < -0.39 is 15.9 Å². The molecule has 0 saturated heterocycles. The molecule has 2 rings (SSSR count). The van der Waals surface area contributed by atoms with Crippen LogP contribution >= 0.6 is 15.9 Å². The fourth-order valence-corrected chi connectivity index (χ4v) is 3.65. The van der Waals surface area contributed by atoms with E-state index in [4.69, 9.17) is 0 Å². The molecule has 6 nitrogen and oxygen atoms in total. The number of nitrogens with zero attached hydrogens (tertiary/aromatic N) is 2. The predicted molar refractivity (Wildman–Crippen MR) is 113 cm³/mol. The van der Waals surface area contributed by atoms with Crippen LogP contribution in [0.25, 0.3) is 0 Å². The Kier molecular flexibility index (Phi) is 7.15. The van der Waals surface area contributed by atoms with Crippen LogP contribution in [0.5, 0.6) is 0 Å². The molecule has 0 aliphatic carbocycles. The van der Waals surface area contributed by atoms with Crippen LogP contribution in [0.4, 0.5) is 5.69 Å². The van der Waals surface area contributed by atoms with Crippen molar-refractivity contribution in [1.82, 2.24) is 5.43 Å². The third-order valence-corrected chi connectivity index (χ3v) is 5.59. The summed E-state index contributed by atoms with van der Waals surface area (Å²) in [5.74, 6) is -0.511. The predicted octanol–water partition coefficient (Wildman–Crippen LogP) is 3.32. The number of carbonyl (C=O) groups is 1. The summed E-state index contributed by atoms with van der Waals surface area (Å²) in [6.07, 6.45) is 1.74. The number of sulfonamides is 1. The molecule has 8 heteroatoms. The smallest absolute Gasteiger partial charge is 0.260 e. The van der Waals surface area contributed by atoms with Crippen molar-refractivity contribution in [3.05, 3.63) is 64.1 Å². The molecule has 0 atom stereocenters. The largest absolute Gasteiger partial charge is 0.271 e. The van der Waals surface area contributed by atoms with Crippen LogP contribution in [0.1, 0.15) is 25.0 Å². The number of hydrogen-bond acceptors (Lipinski definition) is 4. The molecular formula is C19H22BrN3O3S. The van der Waals surface area contributed by atoms with Gasteiger partial charge in [-0.3, -0.25) is 9.10 Å². The molecule has 0 spiro atoms. The van der Waals surface area contributed by atoms with E-state index in [1.165, 1.54) is 0 Å². The van der Waals surface area contributed by atoms with Crippen LogP contribution in [0.2, 0.25) is 0 Å². The lowest BCUT2D eigenvalue weighted by molar-refractivity contribution is -0.119. The number of anilines is 1. The van der Waals surface area contributed by atoms with Crippen molar-refractivity contribution in [3.8, 4) is 0 Å². The first kappa shape index (κ1) is 21.1. The number of hydrazone groups is 1. The maximum atomic E-state index is 12.3. The molecule has 27 heavy (non-hydrogen) atoms. The van der Waals surface area contributed by atoms with Gasteiger partial charge in [0.15, 0.2) is 0 Å². The van der Waals surface area contributed by atoms with Crippen LogP contribution in [0, 0.1) is 0 Å². The minimum atomic E-state index is -3.62. The minimum Gasteiger partial charge on any atom is -0.271 e. The molecule has 0 fully saturated rings. The summed E-state index contributed by atoms with van der Waals surface area (Å²) >= 11 is 3.36. The highest BCUT2D eigenvalue weighted by molar-refractivity contribution is 9.10. The van der Waals surface area contributed by atoms with E-state index in [0.717, 1.165) is 26.2 Å². The van der Waals surface area contributed by atoms with Gasteiger partial charge in [0.2, 0.25) is 10.0 Å². The first-order chi connectivity index (χ1) is 12.7. The zero-order valence-corrected chi connectivity index (χ0v) is 17.8. The highest BCUT2D eigenvalue weighted by atomic mass is 79.9. The number of carbonyl (C=O) groups excluding carboxylic acids is 1. The van der Waals surface area contributed by atoms with Gasteiger partial charge in [-0.2, -0.15) is 5.10 Å². The van der Waals surface area contributed by atoms with Gasteiger partial charge in [-0.05, 0) is 42.7 Å². The van der Waals surface area contributed by atoms with Crippen molar-refractivity contribution in [2.75, 3.05) is 17.1 Å². The Morgan fingerprint density at radius 3 is 2.37 bits per heavy atom. The number of halogens is 1. The van der Waals surface area contributed by atoms with Gasteiger partial charge in [-0.15, -0.1) is 0 Å². The monoisotopic (exact) mass is 451 g/mol. The molecule has 1 N–H and O–H groups in total. The van der Waals surface area contributed by atoms with E-state index in [1.807, 2.05) is 43.3 Å². The molecule has 2 aromatic carbocycles. The van der Waals surface area contributed by atoms with Crippen LogP contribution < -0.4 is 9.73 Å². The summed E-state index contributed by atoms with van der Waals surface area (Å²) in [6.45, 7) is 3.36. The standard InChI is InChI=1S/C19H22BrN3O3S/c1-4-15-7-5-6-8-18(15)23(27(3,25)26)13-19(24)22-21-14(2)16-9-11-17(20)12-10-16/h5-12H,4,13H2,1-3H3,(H,22,24)/b21-14-. The summed E-state index contributed by atoms with van der Waals surface area (Å²) in [7, 11) is -3.62. The first-order valence-electron chi connectivity index (χ1n) is 8.37. The second kappa shape index (κ2) is 9.14. The number of rotatable bonds is 7. The Balaban J connectivity index is 2.17. The van der Waals surface area contributed by atoms with Gasteiger partial charge in [0.1, 0.15) is 6.54 Å². The first-order valence-corrected chi connectivity index (χ1v) is 11.0. The maximum absolute atomic E-state index is 12.3. The zero-order valence-electron chi connectivity index (χ0n) is 15.4. The fourth-order valence-electron chi connectivity index (χ4n) is 2.50. The highest BCUT2D eigenvalue weighted by Crippen LogP contribution is 2.23. The fraction of sp³-hybridized carbons (Fsp3) is 0.263. The number of aryl methyl sites for hydroxylation is 1. The van der Waals surface area contributed by atoms with Gasteiger partial charge in [0.05, 0.1) is 17.7 Å². The maximum Gasteiger partial charge on any atom is 0.260 e. The van der Waals surface area contributed by atoms with E-state index in [0.29, 0.717) is 17.8 Å². The zero-order chi connectivity index (χ0) is 20.0. The molecule has 0 heterocycles. The molecule has 1 amide bonds. The molecule has 0 aliphatic heterocycles. The molecule has 0 bridgehead atoms. The van der Waals surface area contributed by atoms with Gasteiger partial charge in [-0.25, -0.2) is 13.8 Å². The topological polar surface area (TPSA) is 78.8 Å². The van der Waals surface area contributed by atoms with Gasteiger partial charge < -0.3 is 0 Å². The summed E-state index contributed by atoms with van der Waals surface area (Å²) in [6, 6.07) is 14.6. The van der Waals surface area contributed by atoms with Crippen molar-refractivity contribution >= 4 is 43.3 Å². The van der Waals surface area contributed by atoms with Gasteiger partial charge in [0.25, 0.3) is 5.91 Å². The second-order valence-electron chi connectivity index (χ2n) is 5.99. The number of amides is 1. The Labute approximate surface area is 168 Å². The molecule has 0 aromatic heterocycles. The Hall–Kier alpha value is -2.19.